The lowest BCUT2D eigenvalue weighted by Crippen LogP contribution is -2.51. The summed E-state index contributed by atoms with van der Waals surface area (Å²) in [6, 6.07) is 5.16. The Morgan fingerprint density at radius 2 is 1.83 bits per heavy atom. The maximum absolute atomic E-state index is 12.8. The standard InChI is InChI=1S/C12H17FN2O2S/c1-10-9-15(8-7-14(10)2)18(16,17)12-5-3-11(13)4-6-12/h3-6,10H,7-9H2,1-2H3. The number of hydrogen-bond acceptors (Lipinski definition) is 3. The lowest BCUT2D eigenvalue weighted by Gasteiger charge is -2.36. The van der Waals surface area contributed by atoms with E-state index in [9.17, 15) is 12.8 Å². The Morgan fingerprint density at radius 1 is 1.22 bits per heavy atom. The van der Waals surface area contributed by atoms with Crippen LogP contribution in [0.2, 0.25) is 0 Å². The zero-order chi connectivity index (χ0) is 13.3. The molecule has 1 aromatic rings. The van der Waals surface area contributed by atoms with E-state index in [1.165, 1.54) is 28.6 Å². The monoisotopic (exact) mass is 272 g/mol. The topological polar surface area (TPSA) is 40.6 Å². The Labute approximate surface area is 107 Å². The third-order valence-corrected chi connectivity index (χ3v) is 5.25. The van der Waals surface area contributed by atoms with E-state index in [1.54, 1.807) is 0 Å². The third kappa shape index (κ3) is 2.55. The Hall–Kier alpha value is -0.980. The van der Waals surface area contributed by atoms with Crippen LogP contribution in [0.5, 0.6) is 0 Å². The molecule has 4 nitrogen and oxygen atoms in total. The van der Waals surface area contributed by atoms with Gasteiger partial charge in [-0.25, -0.2) is 12.8 Å². The second-order valence-corrected chi connectivity index (χ2v) is 6.58. The van der Waals surface area contributed by atoms with Crippen molar-refractivity contribution in [1.29, 1.82) is 0 Å². The number of sulfonamides is 1. The van der Waals surface area contributed by atoms with Gasteiger partial charge in [0.15, 0.2) is 0 Å². The quantitative estimate of drug-likeness (QED) is 0.811. The molecule has 1 atom stereocenters. The molecule has 1 heterocycles. The van der Waals surface area contributed by atoms with Crippen LogP contribution >= 0.6 is 0 Å². The molecule has 1 aliphatic heterocycles. The Morgan fingerprint density at radius 3 is 2.39 bits per heavy atom. The molecule has 18 heavy (non-hydrogen) atoms. The molecule has 2 rings (SSSR count). The maximum atomic E-state index is 12.8. The average Bonchev–Trinajstić information content (AvgIpc) is 2.33. The predicted molar refractivity (Wildman–Crippen MR) is 67.3 cm³/mol. The molecule has 0 bridgehead atoms. The van der Waals surface area contributed by atoms with Crippen LogP contribution in [-0.2, 0) is 10.0 Å². The molecule has 0 spiro atoms. The third-order valence-electron chi connectivity index (χ3n) is 3.37. The fourth-order valence-corrected chi connectivity index (χ4v) is 3.50. The molecule has 0 saturated carbocycles. The van der Waals surface area contributed by atoms with Crippen LogP contribution in [0.25, 0.3) is 0 Å². The smallest absolute Gasteiger partial charge is 0.243 e. The van der Waals surface area contributed by atoms with Gasteiger partial charge in [0.05, 0.1) is 4.90 Å². The van der Waals surface area contributed by atoms with E-state index in [2.05, 4.69) is 4.90 Å². The van der Waals surface area contributed by atoms with E-state index in [0.29, 0.717) is 19.6 Å². The first-order chi connectivity index (χ1) is 8.41. The lowest BCUT2D eigenvalue weighted by molar-refractivity contribution is 0.159. The molecular weight excluding hydrogens is 255 g/mol. The van der Waals surface area contributed by atoms with Gasteiger partial charge in [0, 0.05) is 25.7 Å². The fraction of sp³-hybridized carbons (Fsp3) is 0.500. The fourth-order valence-electron chi connectivity index (χ4n) is 1.99. The van der Waals surface area contributed by atoms with Crippen molar-refractivity contribution in [3.8, 4) is 0 Å². The van der Waals surface area contributed by atoms with Crippen LogP contribution in [0.15, 0.2) is 29.2 Å². The summed E-state index contributed by atoms with van der Waals surface area (Å²) in [4.78, 5) is 2.28. The largest absolute Gasteiger partial charge is 0.301 e. The molecule has 0 aliphatic carbocycles. The van der Waals surface area contributed by atoms with E-state index < -0.39 is 15.8 Å². The number of benzene rings is 1. The van der Waals surface area contributed by atoms with Crippen molar-refractivity contribution in [1.82, 2.24) is 9.21 Å². The highest BCUT2D eigenvalue weighted by atomic mass is 32.2. The molecule has 0 radical (unpaired) electrons. The number of rotatable bonds is 2. The van der Waals surface area contributed by atoms with Crippen LogP contribution in [0.4, 0.5) is 4.39 Å². The predicted octanol–water partition coefficient (Wildman–Crippen LogP) is 1.15. The van der Waals surface area contributed by atoms with Crippen molar-refractivity contribution < 1.29 is 12.8 Å². The highest BCUT2D eigenvalue weighted by molar-refractivity contribution is 7.89. The summed E-state index contributed by atoms with van der Waals surface area (Å²) in [6.45, 7) is 3.64. The van der Waals surface area contributed by atoms with Gasteiger partial charge in [-0.05, 0) is 38.2 Å². The number of halogens is 1. The molecule has 1 aliphatic rings. The summed E-state index contributed by atoms with van der Waals surface area (Å²) in [5, 5.41) is 0. The first-order valence-corrected chi connectivity index (χ1v) is 7.31. The van der Waals surface area contributed by atoms with Crippen LogP contribution in [0.3, 0.4) is 0 Å². The zero-order valence-corrected chi connectivity index (χ0v) is 11.3. The molecule has 0 aromatic heterocycles. The molecular formula is C12H17FN2O2S. The molecule has 0 N–H and O–H groups in total. The van der Waals surface area contributed by atoms with Gasteiger partial charge in [-0.3, -0.25) is 0 Å². The van der Waals surface area contributed by atoms with Gasteiger partial charge in [0.25, 0.3) is 0 Å². The van der Waals surface area contributed by atoms with Crippen molar-refractivity contribution >= 4 is 10.0 Å². The maximum Gasteiger partial charge on any atom is 0.243 e. The molecule has 0 amide bonds. The van der Waals surface area contributed by atoms with Crippen LogP contribution in [0, 0.1) is 5.82 Å². The van der Waals surface area contributed by atoms with E-state index in [4.69, 9.17) is 0 Å². The molecule has 1 unspecified atom stereocenters. The van der Waals surface area contributed by atoms with E-state index >= 15 is 0 Å². The molecule has 100 valence electrons. The lowest BCUT2D eigenvalue weighted by atomic mass is 10.2. The SMILES string of the molecule is CC1CN(S(=O)(=O)c2ccc(F)cc2)CCN1C. The van der Waals surface area contributed by atoms with Gasteiger partial charge in [0.1, 0.15) is 5.82 Å². The molecule has 1 aromatic carbocycles. The summed E-state index contributed by atoms with van der Waals surface area (Å²) in [7, 11) is -1.52. The highest BCUT2D eigenvalue weighted by Gasteiger charge is 2.30. The summed E-state index contributed by atoms with van der Waals surface area (Å²) in [5.41, 5.74) is 0. The summed E-state index contributed by atoms with van der Waals surface area (Å²) < 4.78 is 38.9. The Kier molecular flexibility index (Phi) is 3.70. The van der Waals surface area contributed by atoms with Gasteiger partial charge >= 0.3 is 0 Å². The Bertz CT molecular complexity index is 515. The second-order valence-electron chi connectivity index (χ2n) is 4.65. The van der Waals surface area contributed by atoms with Crippen molar-refractivity contribution in [3.63, 3.8) is 0 Å². The summed E-state index contributed by atoms with van der Waals surface area (Å²) in [6.07, 6.45) is 0. The van der Waals surface area contributed by atoms with Gasteiger partial charge < -0.3 is 4.90 Å². The normalized spacial score (nSPS) is 23.2. The average molecular weight is 272 g/mol. The second kappa shape index (κ2) is 4.95. The minimum absolute atomic E-state index is 0.153. The zero-order valence-electron chi connectivity index (χ0n) is 10.5. The van der Waals surface area contributed by atoms with E-state index in [-0.39, 0.29) is 10.9 Å². The molecule has 6 heteroatoms. The van der Waals surface area contributed by atoms with Crippen LogP contribution in [-0.4, -0.2) is 50.3 Å². The molecule has 1 fully saturated rings. The van der Waals surface area contributed by atoms with Gasteiger partial charge in [-0.2, -0.15) is 4.31 Å². The minimum atomic E-state index is -3.50. The van der Waals surface area contributed by atoms with Crippen molar-refractivity contribution in [2.24, 2.45) is 0 Å². The van der Waals surface area contributed by atoms with Gasteiger partial charge in [-0.1, -0.05) is 0 Å². The number of piperazine rings is 1. The van der Waals surface area contributed by atoms with Crippen LogP contribution < -0.4 is 0 Å². The number of nitrogens with zero attached hydrogens (tertiary/aromatic N) is 2. The van der Waals surface area contributed by atoms with Crippen molar-refractivity contribution in [2.45, 2.75) is 17.9 Å². The number of likely N-dealkylation sites (N-methyl/N-ethyl adjacent to an activating group) is 1. The van der Waals surface area contributed by atoms with Gasteiger partial charge in [0.2, 0.25) is 10.0 Å². The summed E-state index contributed by atoms with van der Waals surface area (Å²) >= 11 is 0. The number of hydrogen-bond donors (Lipinski definition) is 0. The van der Waals surface area contributed by atoms with Crippen molar-refractivity contribution in [2.75, 3.05) is 26.7 Å². The minimum Gasteiger partial charge on any atom is -0.301 e. The van der Waals surface area contributed by atoms with Crippen molar-refractivity contribution in [3.05, 3.63) is 30.1 Å². The summed E-state index contributed by atoms with van der Waals surface area (Å²) in [5.74, 6) is -0.430. The Balaban J connectivity index is 2.24. The first-order valence-electron chi connectivity index (χ1n) is 5.87. The van der Waals surface area contributed by atoms with Crippen LogP contribution in [0.1, 0.15) is 6.92 Å². The molecule has 1 saturated heterocycles. The van der Waals surface area contributed by atoms with Gasteiger partial charge in [-0.15, -0.1) is 0 Å². The highest BCUT2D eigenvalue weighted by Crippen LogP contribution is 2.19. The van der Waals surface area contributed by atoms with E-state index in [1.807, 2.05) is 14.0 Å². The van der Waals surface area contributed by atoms with E-state index in [0.717, 1.165) is 0 Å². The first kappa shape index (κ1) is 13.5.